The molecule has 88 heavy (non-hydrogen) atoms. The molecule has 2 N–H and O–H groups in total. The number of fused-ring (bicyclic) bond motifs is 10. The number of piperazine rings is 2. The van der Waals surface area contributed by atoms with Crippen molar-refractivity contribution in [1.29, 1.82) is 0 Å². The second-order valence-corrected chi connectivity index (χ2v) is 26.8. The number of rotatable bonds is 12. The fourth-order valence-electron chi connectivity index (χ4n) is 17.5. The van der Waals surface area contributed by atoms with Crippen molar-refractivity contribution in [3.05, 3.63) is 136 Å². The van der Waals surface area contributed by atoms with Crippen LogP contribution in [0.25, 0.3) is 50.0 Å². The summed E-state index contributed by atoms with van der Waals surface area (Å²) in [6.07, 6.45) is 25.4. The van der Waals surface area contributed by atoms with Gasteiger partial charge in [0.1, 0.15) is 36.8 Å². The Bertz CT molecular complexity index is 3680. The second kappa shape index (κ2) is 25.1. The lowest BCUT2D eigenvalue weighted by atomic mass is 9.87. The number of benzene rings is 4. The van der Waals surface area contributed by atoms with E-state index < -0.39 is 0 Å². The number of hydrogen-bond donors (Lipinski definition) is 2. The normalized spacial score (nSPS) is 24.9. The van der Waals surface area contributed by atoms with Crippen LogP contribution in [0.2, 0.25) is 0 Å². The smallest absolute Gasteiger partial charge is 0.319 e. The van der Waals surface area contributed by atoms with E-state index >= 15 is 0 Å². The Morgan fingerprint density at radius 2 is 1.31 bits per heavy atom. The topological polar surface area (TPSA) is 116 Å². The number of nitrogens with one attached hydrogen (secondary N) is 2. The summed E-state index contributed by atoms with van der Waals surface area (Å²) in [5.74, 6) is 3.02. The number of hydrogen-bond acceptors (Lipinski definition) is 12. The zero-order chi connectivity index (χ0) is 60.1. The van der Waals surface area contributed by atoms with Crippen LogP contribution in [0.1, 0.15) is 160 Å². The molecule has 5 unspecified atom stereocenters. The van der Waals surface area contributed by atoms with Crippen molar-refractivity contribution in [3.63, 3.8) is 0 Å². The molecule has 9 aliphatic heterocycles. The molecule has 6 aromatic rings. The highest BCUT2D eigenvalue weighted by molar-refractivity contribution is 6.11. The van der Waals surface area contributed by atoms with Crippen LogP contribution in [0.5, 0.6) is 11.8 Å². The molecule has 0 radical (unpaired) electrons. The van der Waals surface area contributed by atoms with Crippen molar-refractivity contribution < 1.29 is 17.1 Å². The maximum absolute atomic E-state index is 6.70. The average molecular weight is 1190 g/mol. The Hall–Kier alpha value is -6.48. The molecule has 0 amide bonds. The fourth-order valence-corrected chi connectivity index (χ4v) is 17.5. The van der Waals surface area contributed by atoms with Crippen LogP contribution in [-0.4, -0.2) is 149 Å². The van der Waals surface area contributed by atoms with E-state index in [0.717, 1.165) is 85.5 Å². The van der Waals surface area contributed by atoms with E-state index in [9.17, 15) is 0 Å². The summed E-state index contributed by atoms with van der Waals surface area (Å²) >= 11 is 0. The Kier molecular flexibility index (Phi) is 16.9. The van der Waals surface area contributed by atoms with Crippen LogP contribution < -0.4 is 25.0 Å². The highest BCUT2D eigenvalue weighted by Gasteiger charge is 2.47. The monoisotopic (exact) mass is 1190 g/mol. The molecule has 16 rings (SSSR count). The predicted octanol–water partition coefficient (Wildman–Crippen LogP) is 14.0. The van der Waals surface area contributed by atoms with E-state index in [1.54, 1.807) is 0 Å². The number of amidine groups is 1. The first kappa shape index (κ1) is 59.2. The van der Waals surface area contributed by atoms with Gasteiger partial charge >= 0.3 is 6.01 Å². The van der Waals surface area contributed by atoms with Gasteiger partial charge in [-0.25, -0.2) is 4.99 Å². The minimum Gasteiger partial charge on any atom is -0.489 e. The van der Waals surface area contributed by atoms with Crippen LogP contribution in [0.15, 0.2) is 102 Å². The standard InChI is InChI=1S/C37H41N5O2.C36H47N5O.C2H6.2H2/c1-2-28-32-25(15-20-43-31-10-4-8-24-7-3-9-29(32)33(24)31)11-14-30-34(28)39-36(44-23-37-16-5-18-42(37)19-6-17-37)40-35(30)41-21-26-12-13-27(22-41)38-26;1-5-30-25(3)32(20-37-34(30)31-13-7-12-27-11-6-10-24(2)33(27)31)35(40-21-28-14-15-29(22-40)39-28)38-26(4)42-23-36-16-8-18-41(36)19-9-17-36;1-2;;/h3-4,7-11,14-15,26-27,38H,2,5-6,12-13,16-23H2,1H3;6-7,10-13,20,26,28-29,39H,5,8-9,14-19,21-23H2,1-4H3;1-2H3;2*1H/b25-15+;38-35+;;;. The molecule has 11 heterocycles. The molecule has 4 bridgehead atoms. The maximum Gasteiger partial charge on any atom is 0.319 e. The molecule has 2 aromatic heterocycles. The van der Waals surface area contributed by atoms with Gasteiger partial charge in [0.15, 0.2) is 0 Å². The van der Waals surface area contributed by atoms with Gasteiger partial charge in [-0.15, -0.1) is 0 Å². The van der Waals surface area contributed by atoms with Gasteiger partial charge in [-0.3, -0.25) is 14.8 Å². The Balaban J connectivity index is 0.000000166. The number of ether oxygens (including phenoxy) is 3. The molecule has 13 nitrogen and oxygen atoms in total. The second-order valence-electron chi connectivity index (χ2n) is 26.8. The van der Waals surface area contributed by atoms with E-state index in [1.165, 1.54) is 169 Å². The summed E-state index contributed by atoms with van der Waals surface area (Å²) in [5.41, 5.74) is 14.8. The average Bonchev–Trinajstić information content (AvgIpc) is 1.32. The third-order valence-corrected chi connectivity index (χ3v) is 21.7. The summed E-state index contributed by atoms with van der Waals surface area (Å²) < 4.78 is 19.6. The molecule has 0 saturated carbocycles. The summed E-state index contributed by atoms with van der Waals surface area (Å²) in [5, 5.41) is 12.5. The molecule has 8 fully saturated rings. The van der Waals surface area contributed by atoms with E-state index in [4.69, 9.17) is 34.2 Å². The van der Waals surface area contributed by atoms with Gasteiger partial charge in [-0.2, -0.15) is 9.97 Å². The van der Waals surface area contributed by atoms with Crippen molar-refractivity contribution in [2.24, 2.45) is 4.99 Å². The van der Waals surface area contributed by atoms with Gasteiger partial charge in [0.05, 0.1) is 23.5 Å². The summed E-state index contributed by atoms with van der Waals surface area (Å²) in [6.45, 7) is 25.9. The van der Waals surface area contributed by atoms with Crippen molar-refractivity contribution >= 4 is 50.4 Å². The largest absolute Gasteiger partial charge is 0.489 e. The van der Waals surface area contributed by atoms with Crippen molar-refractivity contribution in [2.45, 2.75) is 180 Å². The lowest BCUT2D eigenvalue weighted by molar-refractivity contribution is -0.00122. The number of nitrogens with zero attached hydrogens (tertiary/aromatic N) is 8. The van der Waals surface area contributed by atoms with E-state index in [2.05, 4.69) is 162 Å². The van der Waals surface area contributed by atoms with E-state index in [0.29, 0.717) is 43.4 Å². The zero-order valence-electron chi connectivity index (χ0n) is 53.6. The fraction of sp³-hybridized carbons (Fsp3) is 0.520. The molecule has 466 valence electrons. The Morgan fingerprint density at radius 3 is 1.95 bits per heavy atom. The van der Waals surface area contributed by atoms with Crippen molar-refractivity contribution in [1.82, 2.24) is 40.3 Å². The highest BCUT2D eigenvalue weighted by atomic mass is 16.5. The first-order chi connectivity index (χ1) is 43.1. The van der Waals surface area contributed by atoms with Crippen LogP contribution in [0.4, 0.5) is 5.82 Å². The van der Waals surface area contributed by atoms with Gasteiger partial charge in [0.25, 0.3) is 0 Å². The highest BCUT2D eigenvalue weighted by Crippen LogP contribution is 2.47. The summed E-state index contributed by atoms with van der Waals surface area (Å²) in [7, 11) is 0. The Labute approximate surface area is 526 Å². The van der Waals surface area contributed by atoms with Gasteiger partial charge in [0.2, 0.25) is 0 Å². The van der Waals surface area contributed by atoms with Crippen LogP contribution in [-0.2, 0) is 11.2 Å². The number of anilines is 1. The molecule has 5 atom stereocenters. The number of aromatic nitrogens is 3. The van der Waals surface area contributed by atoms with Gasteiger partial charge < -0.3 is 34.6 Å². The van der Waals surface area contributed by atoms with Crippen molar-refractivity contribution in [3.8, 4) is 23.0 Å². The first-order valence-corrected chi connectivity index (χ1v) is 34.2. The van der Waals surface area contributed by atoms with Crippen molar-refractivity contribution in [2.75, 3.05) is 77.1 Å². The van der Waals surface area contributed by atoms with Gasteiger partial charge in [-0.1, -0.05) is 101 Å². The molecule has 4 aromatic carbocycles. The number of likely N-dealkylation sites (tertiary alicyclic amines) is 1. The van der Waals surface area contributed by atoms with E-state index in [1.807, 2.05) is 13.8 Å². The number of aliphatic imine (C=N–C) groups is 1. The van der Waals surface area contributed by atoms with Crippen LogP contribution in [0.3, 0.4) is 0 Å². The van der Waals surface area contributed by atoms with Gasteiger partial charge in [0, 0.05) is 87.0 Å². The zero-order valence-corrected chi connectivity index (χ0v) is 53.6. The molecule has 0 spiro atoms. The van der Waals surface area contributed by atoms with E-state index in [-0.39, 0.29) is 20.2 Å². The maximum atomic E-state index is 6.70. The summed E-state index contributed by atoms with van der Waals surface area (Å²) in [6, 6.07) is 28.8. The molecule has 13 heteroatoms. The molecule has 10 aliphatic rings. The Morgan fingerprint density at radius 1 is 0.705 bits per heavy atom. The molecule has 1 aliphatic carbocycles. The van der Waals surface area contributed by atoms with Crippen LogP contribution in [0, 0.1) is 13.8 Å². The molecule has 8 saturated heterocycles. The third kappa shape index (κ3) is 11.0. The number of aryl methyl sites for hydroxylation is 1. The SMILES string of the molecule is CC.CCC1=C2/C(=C/COc3cccc4cccc2c34)C=Cc2c1nc(OCC13CCCN1CCC3)nc2N1CC2CCC(C1)N2.CCc1c(-c2cccc3cccc(C)c23)ncc(/C(=N\C(C)OCC23CCCN2CCC3)N2CC3CCC(C2)N3)c1C.[HH].[HH]. The lowest BCUT2D eigenvalue weighted by Gasteiger charge is -2.36. The summed E-state index contributed by atoms with van der Waals surface area (Å²) in [4.78, 5) is 31.5. The quantitative estimate of drug-likeness (QED) is 0.0898. The number of allylic oxidation sites excluding steroid dienone is 4. The number of pyridine rings is 1. The molecular weight excluding hydrogens is 1090 g/mol. The van der Waals surface area contributed by atoms with Gasteiger partial charge in [-0.05, 0) is 210 Å². The minimum atomic E-state index is -0.199. The third-order valence-electron chi connectivity index (χ3n) is 21.7. The first-order valence-electron chi connectivity index (χ1n) is 34.2. The minimum absolute atomic E-state index is 0. The van der Waals surface area contributed by atoms with Crippen LogP contribution >= 0.6 is 0 Å². The molecular formula is C75H98N10O3. The predicted molar refractivity (Wildman–Crippen MR) is 364 cm³/mol. The lowest BCUT2D eigenvalue weighted by Crippen LogP contribution is -2.53.